The fourth-order valence-corrected chi connectivity index (χ4v) is 4.60. The van der Waals surface area contributed by atoms with Gasteiger partial charge in [0.15, 0.2) is 0 Å². The number of hydrogen-bond donors (Lipinski definition) is 1. The third-order valence-electron chi connectivity index (χ3n) is 5.70. The minimum absolute atomic E-state index is 0.589. The lowest BCUT2D eigenvalue weighted by Crippen LogP contribution is -2.35. The summed E-state index contributed by atoms with van der Waals surface area (Å²) in [5.41, 5.74) is 4.03. The van der Waals surface area contributed by atoms with Crippen LogP contribution in [0.5, 0.6) is 0 Å². The first-order chi connectivity index (χ1) is 12.8. The summed E-state index contributed by atoms with van der Waals surface area (Å²) in [4.78, 5) is 6.02. The van der Waals surface area contributed by atoms with Gasteiger partial charge in [0.25, 0.3) is 0 Å². The van der Waals surface area contributed by atoms with E-state index in [2.05, 4.69) is 52.5 Å². The van der Waals surface area contributed by atoms with Crippen LogP contribution >= 0.6 is 11.6 Å². The Kier molecular flexibility index (Phi) is 5.62. The van der Waals surface area contributed by atoms with Crippen molar-refractivity contribution in [3.8, 4) is 0 Å². The Morgan fingerprint density at radius 2 is 1.88 bits per heavy atom. The van der Waals surface area contributed by atoms with Gasteiger partial charge in [-0.05, 0) is 74.4 Å². The summed E-state index contributed by atoms with van der Waals surface area (Å²) >= 11 is 6.42. The maximum atomic E-state index is 6.42. The van der Waals surface area contributed by atoms with E-state index in [0.717, 1.165) is 18.0 Å². The van der Waals surface area contributed by atoms with Gasteiger partial charge in [-0.25, -0.2) is 0 Å². The predicted octanol–water partition coefficient (Wildman–Crippen LogP) is 6.02. The summed E-state index contributed by atoms with van der Waals surface area (Å²) in [6, 6.07) is 17.0. The van der Waals surface area contributed by atoms with E-state index >= 15 is 0 Å². The molecule has 2 aromatic carbocycles. The number of aromatic amines is 1. The highest BCUT2D eigenvalue weighted by Gasteiger charge is 2.22. The van der Waals surface area contributed by atoms with Crippen LogP contribution < -0.4 is 0 Å². The number of aromatic nitrogens is 1. The zero-order valence-electron chi connectivity index (χ0n) is 15.3. The molecular weight excluding hydrogens is 340 g/mol. The highest BCUT2D eigenvalue weighted by atomic mass is 35.5. The van der Waals surface area contributed by atoms with Crippen molar-refractivity contribution < 1.29 is 0 Å². The third-order valence-corrected chi connectivity index (χ3v) is 6.04. The molecule has 0 bridgehead atoms. The van der Waals surface area contributed by atoms with Gasteiger partial charge in [-0.2, -0.15) is 0 Å². The average molecular weight is 367 g/mol. The number of benzene rings is 2. The number of fused-ring (bicyclic) bond motifs is 1. The molecule has 1 unspecified atom stereocenters. The van der Waals surface area contributed by atoms with Crippen molar-refractivity contribution in [2.24, 2.45) is 0 Å². The van der Waals surface area contributed by atoms with Crippen LogP contribution in [0.2, 0.25) is 5.02 Å². The molecule has 1 fully saturated rings. The molecule has 1 aliphatic rings. The van der Waals surface area contributed by atoms with Crippen LogP contribution in [0.1, 0.15) is 42.7 Å². The molecule has 1 aliphatic heterocycles. The topological polar surface area (TPSA) is 19.0 Å². The SMILES string of the molecule is Clc1ccccc1C1CCCN(CCCCc2c[nH]c3ccccc23)C1. The Hall–Kier alpha value is -1.77. The smallest absolute Gasteiger partial charge is 0.0456 e. The molecule has 26 heavy (non-hydrogen) atoms. The monoisotopic (exact) mass is 366 g/mol. The maximum Gasteiger partial charge on any atom is 0.0456 e. The number of likely N-dealkylation sites (tertiary alicyclic amines) is 1. The molecule has 1 aromatic heterocycles. The largest absolute Gasteiger partial charge is 0.361 e. The molecule has 136 valence electrons. The number of piperidine rings is 1. The quantitative estimate of drug-likeness (QED) is 0.528. The highest BCUT2D eigenvalue weighted by molar-refractivity contribution is 6.31. The molecule has 1 atom stereocenters. The van der Waals surface area contributed by atoms with Crippen LogP contribution in [-0.4, -0.2) is 29.5 Å². The average Bonchev–Trinajstić information content (AvgIpc) is 3.09. The Morgan fingerprint density at radius 3 is 2.81 bits per heavy atom. The summed E-state index contributed by atoms with van der Waals surface area (Å²) < 4.78 is 0. The summed E-state index contributed by atoms with van der Waals surface area (Å²) in [6.07, 6.45) is 8.38. The Bertz CT molecular complexity index is 854. The lowest BCUT2D eigenvalue weighted by molar-refractivity contribution is 0.204. The normalized spacial score (nSPS) is 18.4. The van der Waals surface area contributed by atoms with Crippen LogP contribution in [0.4, 0.5) is 0 Å². The molecule has 0 amide bonds. The minimum atomic E-state index is 0.589. The van der Waals surface area contributed by atoms with Crippen LogP contribution in [-0.2, 0) is 6.42 Å². The van der Waals surface area contributed by atoms with E-state index in [4.69, 9.17) is 11.6 Å². The van der Waals surface area contributed by atoms with Gasteiger partial charge >= 0.3 is 0 Å². The molecule has 0 spiro atoms. The molecule has 0 saturated carbocycles. The van der Waals surface area contributed by atoms with Crippen LogP contribution in [0.15, 0.2) is 54.7 Å². The predicted molar refractivity (Wildman–Crippen MR) is 111 cm³/mol. The molecule has 1 N–H and O–H groups in total. The van der Waals surface area contributed by atoms with Crippen molar-refractivity contribution in [3.63, 3.8) is 0 Å². The second-order valence-electron chi connectivity index (χ2n) is 7.48. The van der Waals surface area contributed by atoms with Crippen LogP contribution in [0.3, 0.4) is 0 Å². The molecule has 2 nitrogen and oxygen atoms in total. The van der Waals surface area contributed by atoms with E-state index in [0.29, 0.717) is 5.92 Å². The van der Waals surface area contributed by atoms with Gasteiger partial charge in [0.2, 0.25) is 0 Å². The van der Waals surface area contributed by atoms with Gasteiger partial charge in [-0.3, -0.25) is 0 Å². The molecule has 0 aliphatic carbocycles. The third kappa shape index (κ3) is 3.97. The number of hydrogen-bond acceptors (Lipinski definition) is 1. The lowest BCUT2D eigenvalue weighted by atomic mass is 9.90. The molecule has 0 radical (unpaired) electrons. The number of aryl methyl sites for hydroxylation is 1. The van der Waals surface area contributed by atoms with Crippen molar-refractivity contribution in [2.75, 3.05) is 19.6 Å². The molecule has 4 rings (SSSR count). The number of para-hydroxylation sites is 1. The number of nitrogens with zero attached hydrogens (tertiary/aromatic N) is 1. The molecule has 3 aromatic rings. The first-order valence-corrected chi connectivity index (χ1v) is 10.2. The van der Waals surface area contributed by atoms with Gasteiger partial charge < -0.3 is 9.88 Å². The first kappa shape index (κ1) is 17.6. The number of rotatable bonds is 6. The van der Waals surface area contributed by atoms with E-state index in [-0.39, 0.29) is 0 Å². The highest BCUT2D eigenvalue weighted by Crippen LogP contribution is 2.31. The van der Waals surface area contributed by atoms with Gasteiger partial charge in [-0.1, -0.05) is 48.0 Å². The Labute approximate surface area is 161 Å². The summed E-state index contributed by atoms with van der Waals surface area (Å²) in [7, 11) is 0. The second-order valence-corrected chi connectivity index (χ2v) is 7.89. The van der Waals surface area contributed by atoms with E-state index in [1.54, 1.807) is 0 Å². The summed E-state index contributed by atoms with van der Waals surface area (Å²) in [6.45, 7) is 3.58. The van der Waals surface area contributed by atoms with Crippen molar-refractivity contribution >= 4 is 22.5 Å². The van der Waals surface area contributed by atoms with E-state index in [1.807, 2.05) is 12.1 Å². The minimum Gasteiger partial charge on any atom is -0.361 e. The van der Waals surface area contributed by atoms with E-state index in [9.17, 15) is 0 Å². The maximum absolute atomic E-state index is 6.42. The van der Waals surface area contributed by atoms with Gasteiger partial charge in [-0.15, -0.1) is 0 Å². The Morgan fingerprint density at radius 1 is 1.04 bits per heavy atom. The van der Waals surface area contributed by atoms with Crippen LogP contribution in [0.25, 0.3) is 10.9 Å². The summed E-state index contributed by atoms with van der Waals surface area (Å²) in [5, 5.41) is 2.31. The summed E-state index contributed by atoms with van der Waals surface area (Å²) in [5.74, 6) is 0.589. The van der Waals surface area contributed by atoms with Gasteiger partial charge in [0.05, 0.1) is 0 Å². The standard InChI is InChI=1S/C23H27ClN2/c24-22-12-3-1-10-20(22)19-9-7-15-26(17-19)14-6-5-8-18-16-25-23-13-4-2-11-21(18)23/h1-4,10-13,16,19,25H,5-9,14-15,17H2. The number of nitrogens with one attached hydrogen (secondary N) is 1. The van der Waals surface area contributed by atoms with Gasteiger partial charge in [0.1, 0.15) is 0 Å². The molecule has 1 saturated heterocycles. The zero-order chi connectivity index (χ0) is 17.8. The second kappa shape index (κ2) is 8.28. The van der Waals surface area contributed by atoms with Crippen molar-refractivity contribution in [1.29, 1.82) is 0 Å². The Balaban J connectivity index is 1.27. The van der Waals surface area contributed by atoms with Crippen molar-refractivity contribution in [2.45, 2.75) is 38.0 Å². The number of unbranched alkanes of at least 4 members (excludes halogenated alkanes) is 1. The van der Waals surface area contributed by atoms with Crippen molar-refractivity contribution in [1.82, 2.24) is 9.88 Å². The fourth-order valence-electron chi connectivity index (χ4n) is 4.31. The lowest BCUT2D eigenvalue weighted by Gasteiger charge is -2.33. The van der Waals surface area contributed by atoms with Crippen LogP contribution in [0, 0.1) is 0 Å². The molecule has 3 heteroatoms. The number of halogens is 1. The van der Waals surface area contributed by atoms with E-state index < -0.39 is 0 Å². The van der Waals surface area contributed by atoms with Crippen molar-refractivity contribution in [3.05, 3.63) is 70.9 Å². The fraction of sp³-hybridized carbons (Fsp3) is 0.391. The molecular formula is C23H27ClN2. The van der Waals surface area contributed by atoms with Gasteiger partial charge in [0, 0.05) is 28.7 Å². The zero-order valence-corrected chi connectivity index (χ0v) is 16.0. The van der Waals surface area contributed by atoms with E-state index in [1.165, 1.54) is 60.8 Å². The number of H-pyrrole nitrogens is 1. The molecule has 2 heterocycles. The first-order valence-electron chi connectivity index (χ1n) is 9.83.